The molecule has 0 unspecified atom stereocenters. The molecule has 1 aliphatic rings. The van der Waals surface area contributed by atoms with Gasteiger partial charge in [0.25, 0.3) is 0 Å². The summed E-state index contributed by atoms with van der Waals surface area (Å²) < 4.78 is 5.23. The van der Waals surface area contributed by atoms with Gasteiger partial charge in [0.05, 0.1) is 12.8 Å². The maximum absolute atomic E-state index is 12.3. The zero-order valence-corrected chi connectivity index (χ0v) is 11.3. The lowest BCUT2D eigenvalue weighted by Crippen LogP contribution is -2.48. The lowest BCUT2D eigenvalue weighted by molar-refractivity contribution is 0.151. The predicted molar refractivity (Wildman–Crippen MR) is 75.4 cm³/mol. The van der Waals surface area contributed by atoms with E-state index in [-0.39, 0.29) is 6.03 Å². The Morgan fingerprint density at radius 1 is 1.47 bits per heavy atom. The number of nitrogens with one attached hydrogen (secondary N) is 1. The number of methoxy groups -OCH3 is 1. The molecule has 1 aromatic rings. The van der Waals surface area contributed by atoms with Gasteiger partial charge >= 0.3 is 6.03 Å². The monoisotopic (exact) mass is 263 g/mol. The molecule has 0 atom stereocenters. The first kappa shape index (κ1) is 13.7. The molecule has 19 heavy (non-hydrogen) atoms. The molecule has 5 heteroatoms. The molecule has 5 nitrogen and oxygen atoms in total. The minimum Gasteiger partial charge on any atom is -0.495 e. The number of anilines is 1. The van der Waals surface area contributed by atoms with Gasteiger partial charge in [-0.05, 0) is 31.4 Å². The van der Waals surface area contributed by atoms with Crippen LogP contribution in [0.3, 0.4) is 0 Å². The third-order valence-corrected chi connectivity index (χ3v) is 3.49. The number of ether oxygens (including phenoxy) is 1. The molecule has 0 spiro atoms. The van der Waals surface area contributed by atoms with E-state index >= 15 is 0 Å². The van der Waals surface area contributed by atoms with Crippen LogP contribution in [-0.4, -0.2) is 37.2 Å². The summed E-state index contributed by atoms with van der Waals surface area (Å²) in [5.41, 5.74) is 6.28. The number of urea groups is 1. The number of nitrogens with zero attached hydrogens (tertiary/aromatic N) is 1. The van der Waals surface area contributed by atoms with Crippen molar-refractivity contribution in [3.63, 3.8) is 0 Å². The SMILES string of the molecule is COc1ccccc1NC(=O)N(CCN)C1CCC1. The van der Waals surface area contributed by atoms with E-state index in [9.17, 15) is 4.79 Å². The van der Waals surface area contributed by atoms with Crippen molar-refractivity contribution in [1.29, 1.82) is 0 Å². The van der Waals surface area contributed by atoms with Gasteiger partial charge in [0.2, 0.25) is 0 Å². The molecular weight excluding hydrogens is 242 g/mol. The van der Waals surface area contributed by atoms with Gasteiger partial charge in [-0.1, -0.05) is 12.1 Å². The minimum atomic E-state index is -0.0975. The molecule has 0 bridgehead atoms. The second-order valence-electron chi connectivity index (χ2n) is 4.70. The Bertz CT molecular complexity index is 432. The van der Waals surface area contributed by atoms with Crippen molar-refractivity contribution in [2.24, 2.45) is 5.73 Å². The maximum Gasteiger partial charge on any atom is 0.322 e. The molecule has 3 N–H and O–H groups in total. The fraction of sp³-hybridized carbons (Fsp3) is 0.500. The summed E-state index contributed by atoms with van der Waals surface area (Å²) in [6, 6.07) is 7.63. The van der Waals surface area contributed by atoms with Crippen LogP contribution < -0.4 is 15.8 Å². The van der Waals surface area contributed by atoms with Gasteiger partial charge in [0, 0.05) is 19.1 Å². The van der Waals surface area contributed by atoms with Crippen molar-refractivity contribution >= 4 is 11.7 Å². The van der Waals surface area contributed by atoms with Gasteiger partial charge in [-0.25, -0.2) is 4.79 Å². The van der Waals surface area contributed by atoms with Crippen LogP contribution in [0.15, 0.2) is 24.3 Å². The predicted octanol–water partition coefficient (Wildman–Crippen LogP) is 2.04. The normalized spacial score (nSPS) is 14.6. The van der Waals surface area contributed by atoms with Crippen LogP contribution in [0.5, 0.6) is 5.75 Å². The number of rotatable bonds is 5. The third kappa shape index (κ3) is 3.17. The van der Waals surface area contributed by atoms with E-state index in [4.69, 9.17) is 10.5 Å². The molecule has 104 valence electrons. The molecule has 1 saturated carbocycles. The largest absolute Gasteiger partial charge is 0.495 e. The number of carbonyl (C=O) groups is 1. The molecule has 1 fully saturated rings. The summed E-state index contributed by atoms with van der Waals surface area (Å²) in [6.45, 7) is 1.07. The van der Waals surface area contributed by atoms with Crippen LogP contribution in [0, 0.1) is 0 Å². The third-order valence-electron chi connectivity index (χ3n) is 3.49. The van der Waals surface area contributed by atoms with Gasteiger partial charge in [0.1, 0.15) is 5.75 Å². The lowest BCUT2D eigenvalue weighted by atomic mass is 9.91. The number of nitrogens with two attached hydrogens (primary N) is 1. The number of para-hydroxylation sites is 2. The molecule has 2 amide bonds. The second-order valence-corrected chi connectivity index (χ2v) is 4.70. The smallest absolute Gasteiger partial charge is 0.322 e. The quantitative estimate of drug-likeness (QED) is 0.854. The lowest BCUT2D eigenvalue weighted by Gasteiger charge is -2.37. The topological polar surface area (TPSA) is 67.6 Å². The molecule has 0 saturated heterocycles. The van der Waals surface area contributed by atoms with Crippen LogP contribution in [0.2, 0.25) is 0 Å². The highest BCUT2D eigenvalue weighted by molar-refractivity contribution is 5.91. The average molecular weight is 263 g/mol. The summed E-state index contributed by atoms with van der Waals surface area (Å²) in [4.78, 5) is 14.1. The van der Waals surface area contributed by atoms with E-state index < -0.39 is 0 Å². The van der Waals surface area contributed by atoms with Crippen LogP contribution in [0.25, 0.3) is 0 Å². The Balaban J connectivity index is 2.05. The Morgan fingerprint density at radius 3 is 2.79 bits per heavy atom. The van der Waals surface area contributed by atoms with Crippen molar-refractivity contribution in [2.75, 3.05) is 25.5 Å². The van der Waals surface area contributed by atoms with Crippen LogP contribution in [0.4, 0.5) is 10.5 Å². The highest BCUT2D eigenvalue weighted by Gasteiger charge is 2.28. The fourth-order valence-electron chi connectivity index (χ4n) is 2.22. The van der Waals surface area contributed by atoms with Crippen molar-refractivity contribution < 1.29 is 9.53 Å². The Labute approximate surface area is 113 Å². The van der Waals surface area contributed by atoms with Crippen LogP contribution in [-0.2, 0) is 0 Å². The van der Waals surface area contributed by atoms with Crippen molar-refractivity contribution in [1.82, 2.24) is 4.90 Å². The number of benzene rings is 1. The van der Waals surface area contributed by atoms with Crippen molar-refractivity contribution in [2.45, 2.75) is 25.3 Å². The van der Waals surface area contributed by atoms with Gasteiger partial charge in [-0.15, -0.1) is 0 Å². The number of hydrogen-bond acceptors (Lipinski definition) is 3. The van der Waals surface area contributed by atoms with E-state index in [1.807, 2.05) is 29.2 Å². The van der Waals surface area contributed by atoms with Crippen molar-refractivity contribution in [3.8, 4) is 5.75 Å². The first-order chi connectivity index (χ1) is 9.26. The summed E-state index contributed by atoms with van der Waals surface area (Å²) >= 11 is 0. The maximum atomic E-state index is 12.3. The molecule has 0 radical (unpaired) electrons. The summed E-state index contributed by atoms with van der Waals surface area (Å²) in [5, 5.41) is 2.90. The Kier molecular flexibility index (Phi) is 4.63. The van der Waals surface area contributed by atoms with E-state index in [1.54, 1.807) is 7.11 Å². The Hall–Kier alpha value is -1.75. The van der Waals surface area contributed by atoms with Gasteiger partial charge in [0.15, 0.2) is 0 Å². The molecule has 1 aromatic carbocycles. The fourth-order valence-corrected chi connectivity index (χ4v) is 2.22. The molecule has 2 rings (SSSR count). The second kappa shape index (κ2) is 6.43. The highest BCUT2D eigenvalue weighted by atomic mass is 16.5. The van der Waals surface area contributed by atoms with E-state index in [1.165, 1.54) is 6.42 Å². The van der Waals surface area contributed by atoms with Crippen LogP contribution in [0.1, 0.15) is 19.3 Å². The minimum absolute atomic E-state index is 0.0975. The van der Waals surface area contributed by atoms with E-state index in [0.717, 1.165) is 12.8 Å². The van der Waals surface area contributed by atoms with Gasteiger partial charge in [-0.2, -0.15) is 0 Å². The molecule has 0 aromatic heterocycles. The Morgan fingerprint density at radius 2 is 2.21 bits per heavy atom. The molecule has 0 heterocycles. The van der Waals surface area contributed by atoms with E-state index in [2.05, 4.69) is 5.32 Å². The highest BCUT2D eigenvalue weighted by Crippen LogP contribution is 2.27. The summed E-state index contributed by atoms with van der Waals surface area (Å²) in [7, 11) is 1.59. The van der Waals surface area contributed by atoms with Crippen molar-refractivity contribution in [3.05, 3.63) is 24.3 Å². The zero-order valence-electron chi connectivity index (χ0n) is 11.3. The first-order valence-electron chi connectivity index (χ1n) is 6.67. The first-order valence-corrected chi connectivity index (χ1v) is 6.67. The number of amides is 2. The molecule has 1 aliphatic carbocycles. The summed E-state index contributed by atoms with van der Waals surface area (Å²) in [5.74, 6) is 0.664. The van der Waals surface area contributed by atoms with Gasteiger partial charge < -0.3 is 20.7 Å². The standard InChI is InChI=1S/C14H21N3O2/c1-19-13-8-3-2-7-12(13)16-14(18)17(10-9-15)11-5-4-6-11/h2-3,7-8,11H,4-6,9-10,15H2,1H3,(H,16,18). The van der Waals surface area contributed by atoms with Crippen LogP contribution >= 0.6 is 0 Å². The van der Waals surface area contributed by atoms with E-state index in [0.29, 0.717) is 30.6 Å². The number of carbonyl (C=O) groups excluding carboxylic acids is 1. The summed E-state index contributed by atoms with van der Waals surface area (Å²) in [6.07, 6.45) is 3.33. The molecular formula is C14H21N3O2. The zero-order chi connectivity index (χ0) is 13.7. The average Bonchev–Trinajstić information content (AvgIpc) is 2.36. The van der Waals surface area contributed by atoms with Gasteiger partial charge in [-0.3, -0.25) is 0 Å². The molecule has 0 aliphatic heterocycles. The number of hydrogen-bond donors (Lipinski definition) is 2.